The van der Waals surface area contributed by atoms with Gasteiger partial charge in [0.2, 0.25) is 0 Å². The van der Waals surface area contributed by atoms with Crippen molar-refractivity contribution < 1.29 is 19.3 Å². The molecule has 1 aromatic rings. The van der Waals surface area contributed by atoms with Crippen molar-refractivity contribution in [3.8, 4) is 17.6 Å². The van der Waals surface area contributed by atoms with Crippen molar-refractivity contribution in [2.75, 3.05) is 53.6 Å². The van der Waals surface area contributed by atoms with Gasteiger partial charge < -0.3 is 19.3 Å². The van der Waals surface area contributed by atoms with Crippen molar-refractivity contribution in [3.63, 3.8) is 0 Å². The van der Waals surface area contributed by atoms with Crippen LogP contribution < -0.4 is 9.47 Å². The van der Waals surface area contributed by atoms with E-state index in [2.05, 4.69) is 22.8 Å². The average Bonchev–Trinajstić information content (AvgIpc) is 2.71. The summed E-state index contributed by atoms with van der Waals surface area (Å²) in [5.41, 5.74) is 1.05. The highest BCUT2D eigenvalue weighted by molar-refractivity contribution is 5.43. The van der Waals surface area contributed by atoms with E-state index in [-0.39, 0.29) is 18.1 Å². The van der Waals surface area contributed by atoms with Gasteiger partial charge in [-0.05, 0) is 50.6 Å². The van der Waals surface area contributed by atoms with Crippen LogP contribution in [-0.4, -0.2) is 80.2 Å². The fourth-order valence-electron chi connectivity index (χ4n) is 4.11. The number of nitriles is 1. The molecule has 2 aliphatic rings. The number of methoxy groups -OCH3 is 2. The minimum absolute atomic E-state index is 0.0974. The van der Waals surface area contributed by atoms with Crippen LogP contribution in [0.25, 0.3) is 0 Å². The monoisotopic (exact) mass is 403 g/mol. The molecule has 7 nitrogen and oxygen atoms in total. The Morgan fingerprint density at radius 2 is 1.93 bits per heavy atom. The van der Waals surface area contributed by atoms with Gasteiger partial charge in [-0.2, -0.15) is 5.26 Å². The Kier molecular flexibility index (Phi) is 7.36. The molecule has 0 spiro atoms. The fraction of sp³-hybridized carbons (Fsp3) is 0.682. The molecule has 2 aliphatic heterocycles. The summed E-state index contributed by atoms with van der Waals surface area (Å²) >= 11 is 0. The lowest BCUT2D eigenvalue weighted by Gasteiger charge is -2.47. The molecule has 1 N–H and O–H groups in total. The van der Waals surface area contributed by atoms with Crippen LogP contribution in [0.1, 0.15) is 25.3 Å². The Bertz CT molecular complexity index is 706. The van der Waals surface area contributed by atoms with E-state index < -0.39 is 6.10 Å². The van der Waals surface area contributed by atoms with Crippen molar-refractivity contribution in [3.05, 3.63) is 23.8 Å². The van der Waals surface area contributed by atoms with Crippen molar-refractivity contribution in [2.45, 2.75) is 38.0 Å². The predicted molar refractivity (Wildman–Crippen MR) is 110 cm³/mol. The molecular formula is C22H33N3O4. The van der Waals surface area contributed by atoms with Gasteiger partial charge in [-0.3, -0.25) is 9.80 Å². The topological polar surface area (TPSA) is 78.2 Å². The predicted octanol–water partition coefficient (Wildman–Crippen LogP) is 1.89. The van der Waals surface area contributed by atoms with Gasteiger partial charge in [-0.15, -0.1) is 0 Å². The van der Waals surface area contributed by atoms with Crippen LogP contribution in [0.2, 0.25) is 0 Å². The third-order valence-electron chi connectivity index (χ3n) is 5.91. The van der Waals surface area contributed by atoms with E-state index in [1.807, 2.05) is 18.2 Å². The highest BCUT2D eigenvalue weighted by Crippen LogP contribution is 2.30. The van der Waals surface area contributed by atoms with Crippen molar-refractivity contribution in [1.82, 2.24) is 9.80 Å². The van der Waals surface area contributed by atoms with E-state index in [0.717, 1.165) is 51.1 Å². The molecule has 160 valence electrons. The number of piperidine rings is 1. The van der Waals surface area contributed by atoms with Gasteiger partial charge in [0, 0.05) is 39.2 Å². The maximum atomic E-state index is 10.3. The summed E-state index contributed by atoms with van der Waals surface area (Å²) in [4.78, 5) is 4.53. The number of likely N-dealkylation sites (tertiary alicyclic amines) is 2. The molecule has 2 saturated heterocycles. The second-order valence-corrected chi connectivity index (χ2v) is 8.45. The quantitative estimate of drug-likeness (QED) is 0.675. The molecule has 1 unspecified atom stereocenters. The van der Waals surface area contributed by atoms with Crippen molar-refractivity contribution >= 4 is 0 Å². The number of rotatable bonds is 9. The van der Waals surface area contributed by atoms with E-state index in [9.17, 15) is 5.11 Å². The number of ether oxygens (including phenoxy) is 3. The number of hydrogen-bond donors (Lipinski definition) is 1. The molecule has 0 aliphatic carbocycles. The van der Waals surface area contributed by atoms with Crippen LogP contribution >= 0.6 is 0 Å². The van der Waals surface area contributed by atoms with E-state index in [4.69, 9.17) is 19.5 Å². The van der Waals surface area contributed by atoms with Gasteiger partial charge in [-0.25, -0.2) is 0 Å². The first kappa shape index (κ1) is 21.8. The highest BCUT2D eigenvalue weighted by Gasteiger charge is 2.39. The van der Waals surface area contributed by atoms with E-state index in [1.165, 1.54) is 0 Å². The molecule has 2 heterocycles. The third kappa shape index (κ3) is 5.83. The Labute approximate surface area is 173 Å². The molecule has 0 bridgehead atoms. The third-order valence-corrected chi connectivity index (χ3v) is 5.91. The molecule has 0 saturated carbocycles. The summed E-state index contributed by atoms with van der Waals surface area (Å²) in [6, 6.07) is 8.33. The molecular weight excluding hydrogens is 370 g/mol. The minimum atomic E-state index is -0.574. The van der Waals surface area contributed by atoms with Gasteiger partial charge >= 0.3 is 0 Å². The van der Waals surface area contributed by atoms with Crippen LogP contribution in [0.15, 0.2) is 18.2 Å². The zero-order chi connectivity index (χ0) is 20.9. The Hall–Kier alpha value is -1.85. The van der Waals surface area contributed by atoms with Crippen LogP contribution in [-0.2, 0) is 11.3 Å². The average molecular weight is 404 g/mol. The summed E-state index contributed by atoms with van der Waals surface area (Å²) in [6.07, 6.45) is 1.29. The minimum Gasteiger partial charge on any atom is -0.493 e. The number of β-amino-alcohol motifs (C(OH)–C–C–N with tert-alkyl or cyclic N) is 1. The van der Waals surface area contributed by atoms with Crippen molar-refractivity contribution in [1.29, 1.82) is 5.26 Å². The molecule has 1 aromatic carbocycles. The number of nitrogens with zero attached hydrogens (tertiary/aromatic N) is 3. The normalized spacial score (nSPS) is 21.2. The molecule has 0 amide bonds. The highest BCUT2D eigenvalue weighted by atomic mass is 16.5. The molecule has 0 aromatic heterocycles. The SMILES string of the molecule is COc1ccc(CN2CCC(C#N)CC2)cc1OCC(O)CN1CC(C)(OC)C1. The van der Waals surface area contributed by atoms with Crippen molar-refractivity contribution in [2.24, 2.45) is 5.92 Å². The fourth-order valence-corrected chi connectivity index (χ4v) is 4.11. The number of benzene rings is 1. The Morgan fingerprint density at radius 3 is 2.55 bits per heavy atom. The lowest BCUT2D eigenvalue weighted by molar-refractivity contribution is -0.121. The zero-order valence-electron chi connectivity index (χ0n) is 17.8. The van der Waals surface area contributed by atoms with Gasteiger partial charge in [0.25, 0.3) is 0 Å². The van der Waals surface area contributed by atoms with Gasteiger partial charge in [0.1, 0.15) is 12.7 Å². The van der Waals surface area contributed by atoms with Crippen LogP contribution in [0, 0.1) is 17.2 Å². The summed E-state index contributed by atoms with van der Waals surface area (Å²) in [6.45, 7) is 7.20. The summed E-state index contributed by atoms with van der Waals surface area (Å²) in [5.74, 6) is 1.51. The largest absolute Gasteiger partial charge is 0.493 e. The van der Waals surface area contributed by atoms with Crippen LogP contribution in [0.5, 0.6) is 11.5 Å². The second kappa shape index (κ2) is 9.77. The molecule has 3 rings (SSSR count). The first-order chi connectivity index (χ1) is 13.9. The first-order valence-corrected chi connectivity index (χ1v) is 10.3. The second-order valence-electron chi connectivity index (χ2n) is 8.45. The van der Waals surface area contributed by atoms with Gasteiger partial charge in [-0.1, -0.05) is 6.07 Å². The van der Waals surface area contributed by atoms with E-state index in [0.29, 0.717) is 18.0 Å². The summed E-state index contributed by atoms with van der Waals surface area (Å²) in [7, 11) is 3.35. The zero-order valence-corrected chi connectivity index (χ0v) is 17.8. The molecule has 7 heteroatoms. The lowest BCUT2D eigenvalue weighted by atomic mass is 9.96. The number of hydrogen-bond acceptors (Lipinski definition) is 7. The summed E-state index contributed by atoms with van der Waals surface area (Å²) < 4.78 is 16.8. The van der Waals surface area contributed by atoms with E-state index >= 15 is 0 Å². The number of aliphatic hydroxyl groups excluding tert-OH is 1. The van der Waals surface area contributed by atoms with E-state index in [1.54, 1.807) is 14.2 Å². The lowest BCUT2D eigenvalue weighted by Crippen LogP contribution is -2.62. The molecule has 0 radical (unpaired) electrons. The maximum absolute atomic E-state index is 10.3. The first-order valence-electron chi connectivity index (χ1n) is 10.3. The van der Waals surface area contributed by atoms with Gasteiger partial charge in [0.15, 0.2) is 11.5 Å². The Morgan fingerprint density at radius 1 is 1.21 bits per heavy atom. The van der Waals surface area contributed by atoms with Crippen LogP contribution in [0.3, 0.4) is 0 Å². The molecule has 2 fully saturated rings. The Balaban J connectivity index is 1.50. The summed E-state index contributed by atoms with van der Waals surface area (Å²) in [5, 5.41) is 19.4. The smallest absolute Gasteiger partial charge is 0.161 e. The van der Waals surface area contributed by atoms with Gasteiger partial charge in [0.05, 0.1) is 18.8 Å². The van der Waals surface area contributed by atoms with Crippen LogP contribution in [0.4, 0.5) is 0 Å². The standard InChI is InChI=1S/C22H33N3O4/c1-22(28-3)15-25(16-22)13-19(26)14-29-21-10-18(4-5-20(21)27-2)12-24-8-6-17(11-23)7-9-24/h4-5,10,17,19,26H,6-9,12-16H2,1-3H3. The molecule has 29 heavy (non-hydrogen) atoms. The maximum Gasteiger partial charge on any atom is 0.161 e. The number of aliphatic hydroxyl groups is 1. The molecule has 1 atom stereocenters.